The van der Waals surface area contributed by atoms with Crippen molar-refractivity contribution in [1.29, 1.82) is 0 Å². The van der Waals surface area contributed by atoms with Crippen LogP contribution in [-0.2, 0) is 13.0 Å². The summed E-state index contributed by atoms with van der Waals surface area (Å²) in [5.74, 6) is 0.774. The number of hydrazine groups is 1. The van der Waals surface area contributed by atoms with E-state index in [0.717, 1.165) is 16.9 Å². The predicted molar refractivity (Wildman–Crippen MR) is 123 cm³/mol. The molecule has 1 heterocycles. The summed E-state index contributed by atoms with van der Waals surface area (Å²) < 4.78 is 5.24. The first-order valence-corrected chi connectivity index (χ1v) is 10.5. The number of rotatable bonds is 9. The van der Waals surface area contributed by atoms with Crippen LogP contribution in [0, 0.1) is 0 Å². The summed E-state index contributed by atoms with van der Waals surface area (Å²) in [5, 5.41) is 14.8. The van der Waals surface area contributed by atoms with Gasteiger partial charge in [-0.2, -0.15) is 0 Å². The van der Waals surface area contributed by atoms with Gasteiger partial charge in [-0.05, 0) is 29.7 Å². The largest absolute Gasteiger partial charge is 0.497 e. The van der Waals surface area contributed by atoms with Crippen molar-refractivity contribution in [3.05, 3.63) is 91.0 Å². The zero-order valence-electron chi connectivity index (χ0n) is 18.1. The second-order valence-corrected chi connectivity index (χ2v) is 7.61. The molecule has 0 aromatic heterocycles. The predicted octanol–water partition coefficient (Wildman–Crippen LogP) is 3.49. The fourth-order valence-corrected chi connectivity index (χ4v) is 3.92. The van der Waals surface area contributed by atoms with Gasteiger partial charge in [0.25, 0.3) is 0 Å². The van der Waals surface area contributed by atoms with Crippen molar-refractivity contribution in [3.63, 3.8) is 0 Å². The lowest BCUT2D eigenvalue weighted by molar-refractivity contribution is -0.00832. The Hall–Kier alpha value is -3.09. The molecule has 1 aliphatic rings. The van der Waals surface area contributed by atoms with E-state index in [9.17, 15) is 9.90 Å². The number of β-amino-alcohol motifs (C(OH)–C–C–N with tert-alkyl or cyclic N) is 1. The summed E-state index contributed by atoms with van der Waals surface area (Å²) in [7, 11) is 1.63. The van der Waals surface area contributed by atoms with E-state index >= 15 is 0 Å². The van der Waals surface area contributed by atoms with Gasteiger partial charge in [0.1, 0.15) is 5.75 Å². The Morgan fingerprint density at radius 2 is 1.71 bits per heavy atom. The van der Waals surface area contributed by atoms with Crippen LogP contribution in [0.3, 0.4) is 0 Å². The van der Waals surface area contributed by atoms with Gasteiger partial charge in [-0.15, -0.1) is 13.2 Å². The number of nitrogens with zero attached hydrogens (tertiary/aromatic N) is 3. The Kier molecular flexibility index (Phi) is 7.87. The van der Waals surface area contributed by atoms with E-state index < -0.39 is 6.10 Å². The molecule has 1 saturated heterocycles. The van der Waals surface area contributed by atoms with E-state index in [-0.39, 0.29) is 12.1 Å². The minimum atomic E-state index is -0.732. The third kappa shape index (κ3) is 5.54. The summed E-state index contributed by atoms with van der Waals surface area (Å²) in [6, 6.07) is 17.1. The second-order valence-electron chi connectivity index (χ2n) is 7.61. The standard InChI is InChI=1S/C25H31N3O3/c1-4-15-27-23(17-20-11-13-22(31-3)14-12-20)24(29)19-26(28(16-5-2)25(27)30)18-21-9-7-6-8-10-21/h4-14,23-24,29H,1-2,15-19H2,3H3/t23-,24-/m0/s1. The van der Waals surface area contributed by atoms with Crippen LogP contribution in [-0.4, -0.2) is 64.9 Å². The van der Waals surface area contributed by atoms with Crippen LogP contribution in [0.25, 0.3) is 0 Å². The lowest BCUT2D eigenvalue weighted by Gasteiger charge is -2.35. The quantitative estimate of drug-likeness (QED) is 0.630. The fraction of sp³-hybridized carbons (Fsp3) is 0.320. The zero-order valence-corrected chi connectivity index (χ0v) is 18.1. The monoisotopic (exact) mass is 421 g/mol. The number of hydrogen-bond donors (Lipinski definition) is 1. The number of hydrogen-bond acceptors (Lipinski definition) is 4. The highest BCUT2D eigenvalue weighted by Gasteiger charge is 2.39. The lowest BCUT2D eigenvalue weighted by Crippen LogP contribution is -2.51. The number of ether oxygens (including phenoxy) is 1. The first-order chi connectivity index (χ1) is 15.1. The Labute approximate surface area is 184 Å². The zero-order chi connectivity index (χ0) is 22.2. The maximum Gasteiger partial charge on any atom is 0.335 e. The molecule has 6 nitrogen and oxygen atoms in total. The van der Waals surface area contributed by atoms with E-state index in [0.29, 0.717) is 32.6 Å². The van der Waals surface area contributed by atoms with Crippen molar-refractivity contribution in [3.8, 4) is 5.75 Å². The summed E-state index contributed by atoms with van der Waals surface area (Å²) in [5.41, 5.74) is 2.10. The van der Waals surface area contributed by atoms with Crippen LogP contribution in [0.15, 0.2) is 79.9 Å². The van der Waals surface area contributed by atoms with Crippen LogP contribution in [0.2, 0.25) is 0 Å². The number of amides is 2. The summed E-state index contributed by atoms with van der Waals surface area (Å²) in [6.07, 6.45) is 3.21. The average Bonchev–Trinajstić information content (AvgIpc) is 2.87. The number of aliphatic hydroxyl groups excluding tert-OH is 1. The van der Waals surface area contributed by atoms with E-state index in [1.165, 1.54) is 0 Å². The van der Waals surface area contributed by atoms with E-state index in [4.69, 9.17) is 4.74 Å². The molecule has 1 aliphatic heterocycles. The van der Waals surface area contributed by atoms with Crippen LogP contribution in [0.1, 0.15) is 11.1 Å². The summed E-state index contributed by atoms with van der Waals surface area (Å²) in [4.78, 5) is 15.3. The summed E-state index contributed by atoms with van der Waals surface area (Å²) in [6.45, 7) is 9.22. The fourth-order valence-electron chi connectivity index (χ4n) is 3.92. The first kappa shape index (κ1) is 22.6. The van der Waals surface area contributed by atoms with Crippen LogP contribution < -0.4 is 4.74 Å². The van der Waals surface area contributed by atoms with Gasteiger partial charge in [0.2, 0.25) is 0 Å². The van der Waals surface area contributed by atoms with Gasteiger partial charge in [-0.1, -0.05) is 54.6 Å². The molecular formula is C25H31N3O3. The first-order valence-electron chi connectivity index (χ1n) is 10.5. The van der Waals surface area contributed by atoms with Crippen molar-refractivity contribution in [2.75, 3.05) is 26.7 Å². The van der Waals surface area contributed by atoms with Crippen LogP contribution in [0.4, 0.5) is 4.79 Å². The minimum absolute atomic E-state index is 0.161. The number of methoxy groups -OCH3 is 1. The van der Waals surface area contributed by atoms with E-state index in [1.807, 2.05) is 59.6 Å². The molecule has 2 atom stereocenters. The summed E-state index contributed by atoms with van der Waals surface area (Å²) >= 11 is 0. The molecule has 0 aliphatic carbocycles. The molecule has 2 aromatic carbocycles. The number of urea groups is 1. The molecule has 1 N–H and O–H groups in total. The molecule has 0 unspecified atom stereocenters. The van der Waals surface area contributed by atoms with Gasteiger partial charge < -0.3 is 14.7 Å². The molecule has 6 heteroatoms. The molecule has 2 aromatic rings. The lowest BCUT2D eigenvalue weighted by atomic mass is 9.99. The molecule has 2 amide bonds. The van der Waals surface area contributed by atoms with Gasteiger partial charge in [0.15, 0.2) is 0 Å². The Bertz CT molecular complexity index is 869. The smallest absolute Gasteiger partial charge is 0.335 e. The highest BCUT2D eigenvalue weighted by molar-refractivity contribution is 5.75. The molecule has 0 radical (unpaired) electrons. The Balaban J connectivity index is 1.90. The molecule has 1 fully saturated rings. The average molecular weight is 422 g/mol. The second kappa shape index (κ2) is 10.8. The van der Waals surface area contributed by atoms with Gasteiger partial charge in [0.05, 0.1) is 25.8 Å². The highest BCUT2D eigenvalue weighted by atomic mass is 16.5. The van der Waals surface area contributed by atoms with Gasteiger partial charge in [-0.25, -0.2) is 9.80 Å². The third-order valence-corrected chi connectivity index (χ3v) is 5.49. The molecule has 0 saturated carbocycles. The maximum atomic E-state index is 13.6. The molecule has 3 rings (SSSR count). The number of aliphatic hydroxyl groups is 1. The molecule has 0 bridgehead atoms. The normalized spacial score (nSPS) is 19.7. The topological polar surface area (TPSA) is 56.3 Å². The SMILES string of the molecule is C=CCN1C(=O)N(CC=C)N(Cc2ccccc2)C[C@H](O)[C@@H]1Cc1ccc(OC)cc1. The van der Waals surface area contributed by atoms with Crippen molar-refractivity contribution in [1.82, 2.24) is 14.9 Å². The van der Waals surface area contributed by atoms with Gasteiger partial charge in [-0.3, -0.25) is 5.01 Å². The number of carbonyl (C=O) groups is 1. The van der Waals surface area contributed by atoms with Crippen molar-refractivity contribution < 1.29 is 14.6 Å². The molecule has 0 spiro atoms. The maximum absolute atomic E-state index is 13.6. The van der Waals surface area contributed by atoms with Crippen molar-refractivity contribution >= 4 is 6.03 Å². The van der Waals surface area contributed by atoms with Crippen LogP contribution >= 0.6 is 0 Å². The number of carbonyl (C=O) groups excluding carboxylic acids is 1. The van der Waals surface area contributed by atoms with Crippen molar-refractivity contribution in [2.24, 2.45) is 0 Å². The Morgan fingerprint density at radius 3 is 2.32 bits per heavy atom. The van der Waals surface area contributed by atoms with Gasteiger partial charge in [0, 0.05) is 19.6 Å². The van der Waals surface area contributed by atoms with Gasteiger partial charge >= 0.3 is 6.03 Å². The minimum Gasteiger partial charge on any atom is -0.497 e. The Morgan fingerprint density at radius 1 is 1.03 bits per heavy atom. The molecule has 31 heavy (non-hydrogen) atoms. The third-order valence-electron chi connectivity index (χ3n) is 5.49. The van der Waals surface area contributed by atoms with E-state index in [2.05, 4.69) is 13.2 Å². The van der Waals surface area contributed by atoms with Crippen LogP contribution in [0.5, 0.6) is 5.75 Å². The molecule has 164 valence electrons. The highest BCUT2D eigenvalue weighted by Crippen LogP contribution is 2.23. The molecular weight excluding hydrogens is 390 g/mol. The number of benzene rings is 2. The van der Waals surface area contributed by atoms with E-state index in [1.54, 1.807) is 29.2 Å². The van der Waals surface area contributed by atoms with Crippen molar-refractivity contribution in [2.45, 2.75) is 25.1 Å².